The third kappa shape index (κ3) is 1.59. The van der Waals surface area contributed by atoms with Crippen LogP contribution in [0.25, 0.3) is 0 Å². The van der Waals surface area contributed by atoms with Crippen molar-refractivity contribution in [2.45, 2.75) is 13.0 Å². The summed E-state index contributed by atoms with van der Waals surface area (Å²) >= 11 is 0. The van der Waals surface area contributed by atoms with Gasteiger partial charge in [0.15, 0.2) is 0 Å². The molecule has 0 aromatic carbocycles. The largest absolute Gasteiger partial charge is 0.398 e. The minimum Gasteiger partial charge on any atom is -0.398 e. The first-order chi connectivity index (χ1) is 5.11. The van der Waals surface area contributed by atoms with Crippen molar-refractivity contribution in [2.75, 3.05) is 5.73 Å². The van der Waals surface area contributed by atoms with Crippen LogP contribution in [0.3, 0.4) is 0 Å². The molecule has 0 amide bonds. The molecule has 5 N–H and O–H groups in total. The van der Waals surface area contributed by atoms with E-state index in [9.17, 15) is 4.79 Å². The predicted octanol–water partition coefficient (Wildman–Crippen LogP) is -0.0232. The number of hydrogen-bond donors (Lipinski definition) is 3. The van der Waals surface area contributed by atoms with Gasteiger partial charge in [0.25, 0.3) is 5.56 Å². The lowest BCUT2D eigenvalue weighted by Gasteiger charge is -2.03. The van der Waals surface area contributed by atoms with Gasteiger partial charge in [0.1, 0.15) is 0 Å². The van der Waals surface area contributed by atoms with Crippen molar-refractivity contribution < 1.29 is 0 Å². The van der Waals surface area contributed by atoms with Gasteiger partial charge in [-0.2, -0.15) is 0 Å². The molecular formula is C7H11N3O. The second-order valence-corrected chi connectivity index (χ2v) is 2.51. The highest BCUT2D eigenvalue weighted by atomic mass is 16.1. The topological polar surface area (TPSA) is 84.9 Å². The molecule has 1 atom stereocenters. The number of rotatable bonds is 1. The summed E-state index contributed by atoms with van der Waals surface area (Å²) in [6.07, 6.45) is 1.45. The smallest absolute Gasteiger partial charge is 0.252 e. The van der Waals surface area contributed by atoms with Crippen LogP contribution in [-0.4, -0.2) is 4.98 Å². The van der Waals surface area contributed by atoms with Crippen molar-refractivity contribution in [3.63, 3.8) is 0 Å². The first kappa shape index (κ1) is 7.81. The van der Waals surface area contributed by atoms with E-state index in [1.807, 2.05) is 0 Å². The summed E-state index contributed by atoms with van der Waals surface area (Å²) in [6.45, 7) is 1.74. The molecule has 1 heterocycles. The molecule has 0 aliphatic carbocycles. The molecular weight excluding hydrogens is 142 g/mol. The summed E-state index contributed by atoms with van der Waals surface area (Å²) in [5.74, 6) is 0. The number of aromatic amines is 1. The summed E-state index contributed by atoms with van der Waals surface area (Å²) in [5, 5.41) is 0. The molecule has 1 aromatic heterocycles. The van der Waals surface area contributed by atoms with Crippen LogP contribution in [0.1, 0.15) is 18.5 Å². The molecule has 0 saturated carbocycles. The van der Waals surface area contributed by atoms with E-state index in [4.69, 9.17) is 11.5 Å². The number of pyridine rings is 1. The Morgan fingerprint density at radius 3 is 2.73 bits per heavy atom. The highest BCUT2D eigenvalue weighted by Crippen LogP contribution is 2.05. The second-order valence-electron chi connectivity index (χ2n) is 2.51. The molecule has 11 heavy (non-hydrogen) atoms. The third-order valence-corrected chi connectivity index (χ3v) is 1.44. The standard InChI is InChI=1S/C7H11N3O/c1-4(8)6-2-5(9)3-10-7(6)11/h2-4H,8-9H2,1H3,(H,10,11). The summed E-state index contributed by atoms with van der Waals surface area (Å²) < 4.78 is 0. The Morgan fingerprint density at radius 1 is 1.64 bits per heavy atom. The van der Waals surface area contributed by atoms with Gasteiger partial charge in [0, 0.05) is 23.5 Å². The number of nitrogen functional groups attached to an aromatic ring is 1. The average molecular weight is 153 g/mol. The molecule has 0 fully saturated rings. The lowest BCUT2D eigenvalue weighted by atomic mass is 10.1. The number of H-pyrrole nitrogens is 1. The third-order valence-electron chi connectivity index (χ3n) is 1.44. The molecule has 1 aromatic rings. The van der Waals surface area contributed by atoms with Crippen LogP contribution in [0.2, 0.25) is 0 Å². The second kappa shape index (κ2) is 2.75. The quantitative estimate of drug-likeness (QED) is 0.530. The average Bonchev–Trinajstić information content (AvgIpc) is 1.94. The zero-order chi connectivity index (χ0) is 8.43. The van der Waals surface area contributed by atoms with Gasteiger partial charge >= 0.3 is 0 Å². The van der Waals surface area contributed by atoms with Crippen molar-refractivity contribution in [3.8, 4) is 0 Å². The molecule has 4 heteroatoms. The van der Waals surface area contributed by atoms with E-state index < -0.39 is 0 Å². The minimum absolute atomic E-state index is 0.172. The zero-order valence-corrected chi connectivity index (χ0v) is 6.29. The maximum Gasteiger partial charge on any atom is 0.252 e. The molecule has 0 bridgehead atoms. The predicted molar refractivity (Wildman–Crippen MR) is 44.1 cm³/mol. The Bertz CT molecular complexity index is 303. The summed E-state index contributed by atoms with van der Waals surface area (Å²) in [7, 11) is 0. The van der Waals surface area contributed by atoms with Crippen molar-refractivity contribution in [2.24, 2.45) is 5.73 Å². The zero-order valence-electron chi connectivity index (χ0n) is 6.29. The van der Waals surface area contributed by atoms with E-state index in [-0.39, 0.29) is 11.6 Å². The van der Waals surface area contributed by atoms with E-state index >= 15 is 0 Å². The number of hydrogen-bond acceptors (Lipinski definition) is 3. The maximum atomic E-state index is 11.0. The molecule has 1 unspecified atom stereocenters. The summed E-state index contributed by atoms with van der Waals surface area (Å²) in [6, 6.07) is 1.31. The van der Waals surface area contributed by atoms with Gasteiger partial charge in [-0.15, -0.1) is 0 Å². The lowest BCUT2D eigenvalue weighted by molar-refractivity contribution is 0.801. The van der Waals surface area contributed by atoms with E-state index in [1.54, 1.807) is 13.0 Å². The van der Waals surface area contributed by atoms with Crippen LogP contribution in [-0.2, 0) is 0 Å². The lowest BCUT2D eigenvalue weighted by Crippen LogP contribution is -2.19. The van der Waals surface area contributed by atoms with Crippen molar-refractivity contribution in [1.82, 2.24) is 4.98 Å². The van der Waals surface area contributed by atoms with Crippen LogP contribution >= 0.6 is 0 Å². The minimum atomic E-state index is -0.276. The fourth-order valence-corrected chi connectivity index (χ4v) is 0.857. The van der Waals surface area contributed by atoms with E-state index in [0.717, 1.165) is 0 Å². The van der Waals surface area contributed by atoms with Crippen LogP contribution in [0.4, 0.5) is 5.69 Å². The first-order valence-electron chi connectivity index (χ1n) is 3.35. The Balaban J connectivity index is 3.24. The van der Waals surface area contributed by atoms with E-state index in [0.29, 0.717) is 11.3 Å². The van der Waals surface area contributed by atoms with Gasteiger partial charge < -0.3 is 16.5 Å². The normalized spacial score (nSPS) is 12.9. The Kier molecular flexibility index (Phi) is 1.96. The molecule has 1 rings (SSSR count). The number of nitrogens with two attached hydrogens (primary N) is 2. The van der Waals surface area contributed by atoms with Crippen LogP contribution in [0, 0.1) is 0 Å². The first-order valence-corrected chi connectivity index (χ1v) is 3.35. The number of nitrogens with one attached hydrogen (secondary N) is 1. The Morgan fingerprint density at radius 2 is 2.27 bits per heavy atom. The van der Waals surface area contributed by atoms with Gasteiger partial charge in [0.05, 0.1) is 0 Å². The molecule has 0 aliphatic heterocycles. The maximum absolute atomic E-state index is 11.0. The molecule has 0 radical (unpaired) electrons. The number of aromatic nitrogens is 1. The van der Waals surface area contributed by atoms with Crippen LogP contribution in [0.5, 0.6) is 0 Å². The fraction of sp³-hybridized carbons (Fsp3) is 0.286. The summed E-state index contributed by atoms with van der Waals surface area (Å²) in [5.41, 5.74) is 11.8. The van der Waals surface area contributed by atoms with E-state index in [2.05, 4.69) is 4.98 Å². The SMILES string of the molecule is CC(N)c1cc(N)c[nH]c1=O. The van der Waals surface area contributed by atoms with Gasteiger partial charge in [-0.05, 0) is 13.0 Å². The molecule has 60 valence electrons. The van der Waals surface area contributed by atoms with Gasteiger partial charge in [-0.1, -0.05) is 0 Å². The molecule has 4 nitrogen and oxygen atoms in total. The fourth-order valence-electron chi connectivity index (χ4n) is 0.857. The Labute approximate surface area is 64.2 Å². The molecule has 0 saturated heterocycles. The van der Waals surface area contributed by atoms with Crippen LogP contribution in [0.15, 0.2) is 17.1 Å². The summed E-state index contributed by atoms with van der Waals surface area (Å²) in [4.78, 5) is 13.5. The Hall–Kier alpha value is -1.29. The van der Waals surface area contributed by atoms with Crippen LogP contribution < -0.4 is 17.0 Å². The highest BCUT2D eigenvalue weighted by molar-refractivity contribution is 5.37. The van der Waals surface area contributed by atoms with Crippen molar-refractivity contribution in [1.29, 1.82) is 0 Å². The molecule has 0 aliphatic rings. The van der Waals surface area contributed by atoms with Gasteiger partial charge in [-0.25, -0.2) is 0 Å². The van der Waals surface area contributed by atoms with E-state index in [1.165, 1.54) is 6.20 Å². The van der Waals surface area contributed by atoms with Crippen molar-refractivity contribution >= 4 is 5.69 Å². The monoisotopic (exact) mass is 153 g/mol. The molecule has 0 spiro atoms. The van der Waals surface area contributed by atoms with Gasteiger partial charge in [-0.3, -0.25) is 4.79 Å². The number of anilines is 1. The van der Waals surface area contributed by atoms with Gasteiger partial charge in [0.2, 0.25) is 0 Å². The van der Waals surface area contributed by atoms with Crippen molar-refractivity contribution in [3.05, 3.63) is 28.2 Å². The highest BCUT2D eigenvalue weighted by Gasteiger charge is 2.03.